The SMILES string of the molecule is Cc1ncc(C)n2nc(/C=C/c3nc(C(C)(N)C4CC4)nn3C)nc12. The Morgan fingerprint density at radius 1 is 1.20 bits per heavy atom. The van der Waals surface area contributed by atoms with Crippen LogP contribution in [0.4, 0.5) is 0 Å². The van der Waals surface area contributed by atoms with Crippen molar-refractivity contribution in [2.75, 3.05) is 0 Å². The third-order valence-electron chi connectivity index (χ3n) is 4.81. The maximum absolute atomic E-state index is 6.42. The number of aromatic nitrogens is 7. The molecule has 1 aliphatic carbocycles. The molecule has 0 aliphatic heterocycles. The van der Waals surface area contributed by atoms with Gasteiger partial charge < -0.3 is 5.73 Å². The van der Waals surface area contributed by atoms with Crippen LogP contribution in [-0.4, -0.2) is 34.3 Å². The molecule has 3 heterocycles. The van der Waals surface area contributed by atoms with Gasteiger partial charge in [0.2, 0.25) is 0 Å². The summed E-state index contributed by atoms with van der Waals surface area (Å²) in [5, 5.41) is 9.01. The van der Waals surface area contributed by atoms with Crippen LogP contribution >= 0.6 is 0 Å². The van der Waals surface area contributed by atoms with Gasteiger partial charge in [-0.15, -0.1) is 5.10 Å². The van der Waals surface area contributed by atoms with Gasteiger partial charge in [0.15, 0.2) is 23.1 Å². The van der Waals surface area contributed by atoms with Crippen molar-refractivity contribution in [1.29, 1.82) is 0 Å². The molecule has 0 bridgehead atoms. The lowest BCUT2D eigenvalue weighted by Gasteiger charge is -2.19. The Kier molecular flexibility index (Phi) is 3.47. The van der Waals surface area contributed by atoms with Crippen LogP contribution in [0, 0.1) is 19.8 Å². The molecule has 0 saturated heterocycles. The summed E-state index contributed by atoms with van der Waals surface area (Å²) >= 11 is 0. The van der Waals surface area contributed by atoms with E-state index in [-0.39, 0.29) is 0 Å². The van der Waals surface area contributed by atoms with Gasteiger partial charge in [-0.3, -0.25) is 4.98 Å². The second kappa shape index (κ2) is 5.45. The molecule has 0 aromatic carbocycles. The summed E-state index contributed by atoms with van der Waals surface area (Å²) in [6.07, 6.45) is 7.79. The average Bonchev–Trinajstić information content (AvgIpc) is 3.24. The maximum Gasteiger partial charge on any atom is 0.177 e. The van der Waals surface area contributed by atoms with Gasteiger partial charge >= 0.3 is 0 Å². The fourth-order valence-electron chi connectivity index (χ4n) is 2.97. The first-order valence-electron chi connectivity index (χ1n) is 8.43. The van der Waals surface area contributed by atoms with E-state index in [1.807, 2.05) is 40.0 Å². The molecule has 1 aliphatic rings. The number of hydrogen-bond acceptors (Lipinski definition) is 6. The van der Waals surface area contributed by atoms with Crippen molar-refractivity contribution in [3.05, 3.63) is 35.1 Å². The molecule has 0 radical (unpaired) electrons. The Morgan fingerprint density at radius 3 is 2.64 bits per heavy atom. The number of aryl methyl sites for hydroxylation is 3. The van der Waals surface area contributed by atoms with Crippen LogP contribution in [0.2, 0.25) is 0 Å². The fourth-order valence-corrected chi connectivity index (χ4v) is 2.97. The van der Waals surface area contributed by atoms with Gasteiger partial charge in [0.25, 0.3) is 0 Å². The zero-order valence-electron chi connectivity index (χ0n) is 14.9. The highest BCUT2D eigenvalue weighted by molar-refractivity contribution is 5.64. The average molecular weight is 338 g/mol. The summed E-state index contributed by atoms with van der Waals surface area (Å²) in [7, 11) is 1.87. The topological polar surface area (TPSA) is 99.8 Å². The maximum atomic E-state index is 6.42. The minimum Gasteiger partial charge on any atom is -0.319 e. The molecule has 4 rings (SSSR count). The third kappa shape index (κ3) is 2.72. The van der Waals surface area contributed by atoms with E-state index in [1.165, 1.54) is 0 Å². The molecule has 1 atom stereocenters. The largest absolute Gasteiger partial charge is 0.319 e. The Labute approximate surface area is 145 Å². The molecule has 1 fully saturated rings. The highest BCUT2D eigenvalue weighted by Gasteiger charge is 2.42. The summed E-state index contributed by atoms with van der Waals surface area (Å²) < 4.78 is 3.54. The third-order valence-corrected chi connectivity index (χ3v) is 4.81. The summed E-state index contributed by atoms with van der Waals surface area (Å²) in [6, 6.07) is 0. The van der Waals surface area contributed by atoms with Crippen molar-refractivity contribution in [3.8, 4) is 0 Å². The number of rotatable bonds is 4. The van der Waals surface area contributed by atoms with Crippen LogP contribution in [0.15, 0.2) is 6.20 Å². The van der Waals surface area contributed by atoms with E-state index >= 15 is 0 Å². The molecule has 8 heteroatoms. The number of hydrogen-bond donors (Lipinski definition) is 1. The molecule has 8 nitrogen and oxygen atoms in total. The monoisotopic (exact) mass is 338 g/mol. The number of nitrogens with two attached hydrogens (primary N) is 1. The lowest BCUT2D eigenvalue weighted by molar-refractivity contribution is 0.398. The lowest BCUT2D eigenvalue weighted by Crippen LogP contribution is -2.36. The molecule has 1 saturated carbocycles. The minimum absolute atomic E-state index is 0.467. The smallest absolute Gasteiger partial charge is 0.177 e. The van der Waals surface area contributed by atoms with Crippen molar-refractivity contribution in [2.45, 2.75) is 39.2 Å². The van der Waals surface area contributed by atoms with Crippen molar-refractivity contribution < 1.29 is 0 Å². The van der Waals surface area contributed by atoms with Gasteiger partial charge in [0.05, 0.1) is 16.9 Å². The van der Waals surface area contributed by atoms with Crippen molar-refractivity contribution in [3.63, 3.8) is 0 Å². The molecule has 3 aromatic heterocycles. The van der Waals surface area contributed by atoms with E-state index in [4.69, 9.17) is 5.73 Å². The van der Waals surface area contributed by atoms with Gasteiger partial charge in [0.1, 0.15) is 0 Å². The lowest BCUT2D eigenvalue weighted by atomic mass is 9.97. The molecule has 0 amide bonds. The Bertz CT molecular complexity index is 935. The summed E-state index contributed by atoms with van der Waals surface area (Å²) in [5.74, 6) is 2.51. The quantitative estimate of drug-likeness (QED) is 0.776. The second-order valence-corrected chi connectivity index (χ2v) is 7.00. The molecule has 2 N–H and O–H groups in total. The van der Waals surface area contributed by atoms with Crippen LogP contribution in [0.1, 0.15) is 48.6 Å². The van der Waals surface area contributed by atoms with E-state index in [0.29, 0.717) is 17.6 Å². The van der Waals surface area contributed by atoms with Crippen molar-refractivity contribution >= 4 is 17.8 Å². The molecule has 1 unspecified atom stereocenters. The van der Waals surface area contributed by atoms with Gasteiger partial charge in [-0.05, 0) is 51.7 Å². The predicted molar refractivity (Wildman–Crippen MR) is 94.5 cm³/mol. The first kappa shape index (κ1) is 15.9. The van der Waals surface area contributed by atoms with Crippen LogP contribution < -0.4 is 5.73 Å². The summed E-state index contributed by atoms with van der Waals surface area (Å²) in [4.78, 5) is 13.5. The van der Waals surface area contributed by atoms with E-state index in [1.54, 1.807) is 15.4 Å². The van der Waals surface area contributed by atoms with Crippen LogP contribution in [-0.2, 0) is 12.6 Å². The second-order valence-electron chi connectivity index (χ2n) is 7.00. The standard InChI is InChI=1S/C17H22N8/c1-10-9-19-11(2)15-20-13(22-25(10)15)7-8-14-21-16(23-24(14)4)17(3,18)12-5-6-12/h7-9,12H,5-6,18H2,1-4H3/b8-7+. The zero-order valence-corrected chi connectivity index (χ0v) is 14.9. The van der Waals surface area contributed by atoms with E-state index in [9.17, 15) is 0 Å². The molecule has 130 valence electrons. The van der Waals surface area contributed by atoms with Crippen LogP contribution in [0.3, 0.4) is 0 Å². The fraction of sp³-hybridized carbons (Fsp3) is 0.471. The molecule has 3 aromatic rings. The van der Waals surface area contributed by atoms with Crippen molar-refractivity contribution in [2.24, 2.45) is 18.7 Å². The normalized spacial score (nSPS) is 17.5. The van der Waals surface area contributed by atoms with E-state index in [0.717, 1.165) is 35.7 Å². The predicted octanol–water partition coefficient (Wildman–Crippen LogP) is 1.62. The Balaban J connectivity index is 1.65. The Hall–Kier alpha value is -2.61. The summed E-state index contributed by atoms with van der Waals surface area (Å²) in [5.41, 5.74) is 8.51. The van der Waals surface area contributed by atoms with Gasteiger partial charge in [-0.1, -0.05) is 0 Å². The number of nitrogens with zero attached hydrogens (tertiary/aromatic N) is 7. The molecule has 25 heavy (non-hydrogen) atoms. The molecular weight excluding hydrogens is 316 g/mol. The van der Waals surface area contributed by atoms with Gasteiger partial charge in [-0.25, -0.2) is 19.2 Å². The minimum atomic E-state index is -0.467. The van der Waals surface area contributed by atoms with Gasteiger partial charge in [0, 0.05) is 13.2 Å². The van der Waals surface area contributed by atoms with Gasteiger partial charge in [-0.2, -0.15) is 5.10 Å². The highest BCUT2D eigenvalue weighted by atomic mass is 15.3. The van der Waals surface area contributed by atoms with Crippen molar-refractivity contribution in [1.82, 2.24) is 34.3 Å². The van der Waals surface area contributed by atoms with E-state index < -0.39 is 5.54 Å². The molecular formula is C17H22N8. The highest BCUT2D eigenvalue weighted by Crippen LogP contribution is 2.42. The van der Waals surface area contributed by atoms with Crippen LogP contribution in [0.25, 0.3) is 17.8 Å². The summed E-state index contributed by atoms with van der Waals surface area (Å²) in [6.45, 7) is 5.89. The zero-order chi connectivity index (χ0) is 17.8. The molecule has 0 spiro atoms. The van der Waals surface area contributed by atoms with E-state index in [2.05, 4.69) is 25.1 Å². The Morgan fingerprint density at radius 2 is 1.96 bits per heavy atom. The first-order valence-corrected chi connectivity index (χ1v) is 8.43. The first-order chi connectivity index (χ1) is 11.9. The van der Waals surface area contributed by atoms with Crippen LogP contribution in [0.5, 0.6) is 0 Å². The number of fused-ring (bicyclic) bond motifs is 1.